The smallest absolute Gasteiger partial charge is 0.307 e. The first-order valence-corrected chi connectivity index (χ1v) is 6.58. The second-order valence-corrected chi connectivity index (χ2v) is 4.30. The molecule has 0 saturated carbocycles. The van der Waals surface area contributed by atoms with E-state index >= 15 is 0 Å². The van der Waals surface area contributed by atoms with E-state index in [-0.39, 0.29) is 18.0 Å². The Kier molecular flexibility index (Phi) is 6.71. The first-order valence-electron chi connectivity index (χ1n) is 6.04. The van der Waals surface area contributed by atoms with Crippen molar-refractivity contribution in [1.82, 2.24) is 0 Å². The number of benzene rings is 1. The van der Waals surface area contributed by atoms with E-state index in [0.717, 1.165) is 19.3 Å². The maximum absolute atomic E-state index is 11.5. The van der Waals surface area contributed by atoms with E-state index in [2.05, 4.69) is 19.1 Å². The van der Waals surface area contributed by atoms with Crippen LogP contribution >= 0.6 is 11.6 Å². The zero-order chi connectivity index (χ0) is 12.5. The van der Waals surface area contributed by atoms with Gasteiger partial charge in [-0.25, -0.2) is 0 Å². The molecule has 1 aromatic carbocycles. The number of carbonyl (C=O) groups is 1. The summed E-state index contributed by atoms with van der Waals surface area (Å²) in [4.78, 5) is 11.5. The average Bonchev–Trinajstić information content (AvgIpc) is 2.36. The van der Waals surface area contributed by atoms with E-state index in [1.165, 1.54) is 5.56 Å². The number of rotatable bonds is 7. The van der Waals surface area contributed by atoms with E-state index in [9.17, 15) is 4.79 Å². The lowest BCUT2D eigenvalue weighted by molar-refractivity contribution is -0.142. The lowest BCUT2D eigenvalue weighted by Crippen LogP contribution is -2.10. The van der Waals surface area contributed by atoms with Crippen molar-refractivity contribution in [3.63, 3.8) is 0 Å². The standard InChI is InChI=1S/C14H19ClO2/c1-2-3-7-13(10-14(16)17-11-15)12-8-5-4-6-9-12/h4-6,8-9,13H,2-3,7,10-11H2,1H3. The third kappa shape index (κ3) is 5.22. The number of alkyl halides is 1. The molecule has 0 N–H and O–H groups in total. The zero-order valence-corrected chi connectivity index (χ0v) is 11.0. The van der Waals surface area contributed by atoms with Crippen molar-refractivity contribution in [2.24, 2.45) is 0 Å². The van der Waals surface area contributed by atoms with Crippen molar-refractivity contribution < 1.29 is 9.53 Å². The molecule has 94 valence electrons. The first-order chi connectivity index (χ1) is 8.27. The van der Waals surface area contributed by atoms with Crippen LogP contribution in [0, 0.1) is 0 Å². The molecule has 0 bridgehead atoms. The highest BCUT2D eigenvalue weighted by Crippen LogP contribution is 2.25. The Hall–Kier alpha value is -1.02. The van der Waals surface area contributed by atoms with Crippen LogP contribution in [0.1, 0.15) is 44.1 Å². The molecule has 0 spiro atoms. The summed E-state index contributed by atoms with van der Waals surface area (Å²) in [6, 6.07) is 10.1. The van der Waals surface area contributed by atoms with Crippen LogP contribution in [-0.4, -0.2) is 12.0 Å². The van der Waals surface area contributed by atoms with Gasteiger partial charge in [-0.15, -0.1) is 0 Å². The number of unbranched alkanes of at least 4 members (excludes halogenated alkanes) is 1. The van der Waals surface area contributed by atoms with Gasteiger partial charge in [-0.2, -0.15) is 0 Å². The second-order valence-electron chi connectivity index (χ2n) is 4.08. The number of halogens is 1. The highest BCUT2D eigenvalue weighted by molar-refractivity contribution is 6.17. The molecule has 0 heterocycles. The molecule has 0 aromatic heterocycles. The topological polar surface area (TPSA) is 26.3 Å². The zero-order valence-electron chi connectivity index (χ0n) is 10.2. The SMILES string of the molecule is CCCCC(CC(=O)OCCl)c1ccccc1. The van der Waals surface area contributed by atoms with E-state index in [1.54, 1.807) is 0 Å². The monoisotopic (exact) mass is 254 g/mol. The number of esters is 1. The van der Waals surface area contributed by atoms with Crippen LogP contribution in [0.5, 0.6) is 0 Å². The van der Waals surface area contributed by atoms with Gasteiger partial charge in [-0.3, -0.25) is 4.79 Å². The number of hydrogen-bond acceptors (Lipinski definition) is 2. The van der Waals surface area contributed by atoms with Crippen molar-refractivity contribution in [2.45, 2.75) is 38.5 Å². The summed E-state index contributed by atoms with van der Waals surface area (Å²) in [5, 5.41) is 0. The summed E-state index contributed by atoms with van der Waals surface area (Å²) >= 11 is 5.39. The summed E-state index contributed by atoms with van der Waals surface area (Å²) in [6.45, 7) is 2.15. The normalized spacial score (nSPS) is 12.1. The van der Waals surface area contributed by atoms with Crippen molar-refractivity contribution in [1.29, 1.82) is 0 Å². The largest absolute Gasteiger partial charge is 0.449 e. The highest BCUT2D eigenvalue weighted by Gasteiger charge is 2.16. The van der Waals surface area contributed by atoms with Crippen molar-refractivity contribution in [2.75, 3.05) is 6.07 Å². The van der Waals surface area contributed by atoms with Crippen LogP contribution in [0.4, 0.5) is 0 Å². The highest BCUT2D eigenvalue weighted by atomic mass is 35.5. The Morgan fingerprint density at radius 1 is 1.35 bits per heavy atom. The minimum atomic E-state index is -0.218. The molecule has 2 nitrogen and oxygen atoms in total. The summed E-state index contributed by atoms with van der Waals surface area (Å²) in [7, 11) is 0. The second kappa shape index (κ2) is 8.13. The average molecular weight is 255 g/mol. The number of ether oxygens (including phenoxy) is 1. The molecule has 0 aliphatic carbocycles. The summed E-state index contributed by atoms with van der Waals surface area (Å²) in [6.07, 6.45) is 3.68. The van der Waals surface area contributed by atoms with Crippen molar-refractivity contribution in [3.8, 4) is 0 Å². The van der Waals surface area contributed by atoms with Crippen molar-refractivity contribution in [3.05, 3.63) is 35.9 Å². The van der Waals surface area contributed by atoms with Crippen LogP contribution < -0.4 is 0 Å². The fraction of sp³-hybridized carbons (Fsp3) is 0.500. The molecule has 1 aromatic rings. The Bertz CT molecular complexity index is 324. The molecule has 0 radical (unpaired) electrons. The van der Waals surface area contributed by atoms with Crippen LogP contribution in [0.15, 0.2) is 30.3 Å². The van der Waals surface area contributed by atoms with Gasteiger partial charge < -0.3 is 4.74 Å². The van der Waals surface area contributed by atoms with Crippen molar-refractivity contribution >= 4 is 17.6 Å². The Labute approximate surface area is 108 Å². The van der Waals surface area contributed by atoms with E-state index in [1.807, 2.05) is 18.2 Å². The van der Waals surface area contributed by atoms with Crippen LogP contribution in [-0.2, 0) is 9.53 Å². The summed E-state index contributed by atoms with van der Waals surface area (Å²) < 4.78 is 4.80. The van der Waals surface area contributed by atoms with Gasteiger partial charge in [0.1, 0.15) is 0 Å². The lowest BCUT2D eigenvalue weighted by Gasteiger charge is -2.15. The van der Waals surface area contributed by atoms with Crippen LogP contribution in [0.3, 0.4) is 0 Å². The van der Waals surface area contributed by atoms with Gasteiger partial charge in [0.2, 0.25) is 0 Å². The fourth-order valence-electron chi connectivity index (χ4n) is 1.88. The molecular formula is C14H19ClO2. The van der Waals surface area contributed by atoms with Crippen LogP contribution in [0.2, 0.25) is 0 Å². The first kappa shape index (κ1) is 14.0. The summed E-state index contributed by atoms with van der Waals surface area (Å²) in [5.74, 6) is 0.0248. The fourth-order valence-corrected chi connectivity index (χ4v) is 2.00. The van der Waals surface area contributed by atoms with Gasteiger partial charge in [0.25, 0.3) is 0 Å². The maximum Gasteiger partial charge on any atom is 0.307 e. The van der Waals surface area contributed by atoms with E-state index in [4.69, 9.17) is 16.3 Å². The molecule has 0 saturated heterocycles. The third-order valence-electron chi connectivity index (χ3n) is 2.81. The molecule has 0 aliphatic heterocycles. The van der Waals surface area contributed by atoms with Gasteiger partial charge in [0.15, 0.2) is 6.07 Å². The van der Waals surface area contributed by atoms with Gasteiger partial charge >= 0.3 is 5.97 Å². The molecule has 1 rings (SSSR count). The molecular weight excluding hydrogens is 236 g/mol. The molecule has 0 aliphatic rings. The quantitative estimate of drug-likeness (QED) is 0.541. The van der Waals surface area contributed by atoms with Crippen LogP contribution in [0.25, 0.3) is 0 Å². The van der Waals surface area contributed by atoms with E-state index < -0.39 is 0 Å². The Morgan fingerprint density at radius 2 is 2.06 bits per heavy atom. The molecule has 0 fully saturated rings. The number of carbonyl (C=O) groups excluding carboxylic acids is 1. The minimum absolute atomic E-state index is 0.0614. The molecule has 0 amide bonds. The molecule has 17 heavy (non-hydrogen) atoms. The molecule has 3 heteroatoms. The van der Waals surface area contributed by atoms with Gasteiger partial charge in [0, 0.05) is 0 Å². The number of hydrogen-bond donors (Lipinski definition) is 0. The minimum Gasteiger partial charge on any atom is -0.449 e. The predicted octanol–water partition coefficient (Wildman–Crippen LogP) is 4.09. The maximum atomic E-state index is 11.5. The van der Waals surface area contributed by atoms with E-state index in [0.29, 0.717) is 6.42 Å². The van der Waals surface area contributed by atoms with Gasteiger partial charge in [0.05, 0.1) is 6.42 Å². The molecule has 1 atom stereocenters. The lowest BCUT2D eigenvalue weighted by atomic mass is 9.91. The third-order valence-corrected chi connectivity index (χ3v) is 2.91. The van der Waals surface area contributed by atoms with Gasteiger partial charge in [-0.05, 0) is 17.9 Å². The van der Waals surface area contributed by atoms with Gasteiger partial charge in [-0.1, -0.05) is 61.7 Å². The predicted molar refractivity (Wildman–Crippen MR) is 70.1 cm³/mol. The summed E-state index contributed by atoms with van der Waals surface area (Å²) in [5.41, 5.74) is 1.20. The Morgan fingerprint density at radius 3 is 2.65 bits per heavy atom. The molecule has 1 unspecified atom stereocenters. The Balaban J connectivity index is 2.63.